The molecule has 0 radical (unpaired) electrons. The minimum atomic E-state index is -0.530. The number of hydrogen-bond donors (Lipinski definition) is 2. The molecule has 1 aromatic heterocycles. The number of aromatic nitrogens is 1. The van der Waals surface area contributed by atoms with Gasteiger partial charge in [-0.2, -0.15) is 0 Å². The molecule has 0 aliphatic heterocycles. The molecule has 0 atom stereocenters. The lowest BCUT2D eigenvalue weighted by Crippen LogP contribution is -2.27. The second kappa shape index (κ2) is 9.48. The van der Waals surface area contributed by atoms with Crippen molar-refractivity contribution in [2.45, 2.75) is 27.2 Å². The highest BCUT2D eigenvalue weighted by Crippen LogP contribution is 2.31. The largest absolute Gasteiger partial charge is 0.352 e. The van der Waals surface area contributed by atoms with Gasteiger partial charge in [0, 0.05) is 41.6 Å². The predicted molar refractivity (Wildman–Crippen MR) is 120 cm³/mol. The van der Waals surface area contributed by atoms with E-state index in [0.29, 0.717) is 10.7 Å². The first-order valence-electron chi connectivity index (χ1n) is 9.61. The maximum absolute atomic E-state index is 12.2. The molecule has 0 fully saturated rings. The summed E-state index contributed by atoms with van der Waals surface area (Å²) < 4.78 is 0. The number of nitro benzene ring substituents is 1. The van der Waals surface area contributed by atoms with Crippen LogP contribution in [0.2, 0.25) is 0 Å². The van der Waals surface area contributed by atoms with Gasteiger partial charge >= 0.3 is 0 Å². The Morgan fingerprint density at radius 1 is 1.10 bits per heavy atom. The predicted octanol–water partition coefficient (Wildman–Crippen LogP) is 4.40. The third-order valence-electron chi connectivity index (χ3n) is 4.66. The molecule has 2 N–H and O–H groups in total. The van der Waals surface area contributed by atoms with Crippen molar-refractivity contribution in [2.75, 3.05) is 11.9 Å². The molecule has 9 heteroatoms. The number of nitrogens with one attached hydrogen (secondary N) is 2. The van der Waals surface area contributed by atoms with Crippen LogP contribution < -0.4 is 10.6 Å². The number of aryl methyl sites for hydroxylation is 3. The lowest BCUT2D eigenvalue weighted by atomic mass is 9.98. The van der Waals surface area contributed by atoms with E-state index in [0.717, 1.165) is 22.4 Å². The van der Waals surface area contributed by atoms with E-state index in [-0.39, 0.29) is 24.6 Å². The summed E-state index contributed by atoms with van der Waals surface area (Å²) in [6.07, 6.45) is 0.0796. The molecule has 0 aliphatic carbocycles. The summed E-state index contributed by atoms with van der Waals surface area (Å²) in [5, 5.41) is 18.5. The van der Waals surface area contributed by atoms with Crippen molar-refractivity contribution in [3.05, 3.63) is 74.1 Å². The molecule has 2 amide bonds. The lowest BCUT2D eigenvalue weighted by Gasteiger charge is -2.08. The molecule has 3 rings (SSSR count). The van der Waals surface area contributed by atoms with Gasteiger partial charge in [-0.3, -0.25) is 19.7 Å². The SMILES string of the molecule is Cc1cc(C)c(-c2csc(NC(=O)CCNC(=O)c3ccc([N+](=O)[O-])cc3)n2)c(C)c1. The molecule has 0 spiro atoms. The van der Waals surface area contributed by atoms with Crippen LogP contribution in [-0.2, 0) is 4.79 Å². The normalized spacial score (nSPS) is 10.5. The highest BCUT2D eigenvalue weighted by atomic mass is 32.1. The van der Waals surface area contributed by atoms with E-state index < -0.39 is 10.8 Å². The molecular formula is C22H22N4O4S. The van der Waals surface area contributed by atoms with Crippen molar-refractivity contribution < 1.29 is 14.5 Å². The zero-order valence-corrected chi connectivity index (χ0v) is 18.2. The van der Waals surface area contributed by atoms with Gasteiger partial charge in [0.15, 0.2) is 5.13 Å². The third-order valence-corrected chi connectivity index (χ3v) is 5.42. The minimum absolute atomic E-state index is 0.0796. The van der Waals surface area contributed by atoms with Crippen LogP contribution >= 0.6 is 11.3 Å². The highest BCUT2D eigenvalue weighted by molar-refractivity contribution is 7.14. The van der Waals surface area contributed by atoms with Crippen molar-refractivity contribution >= 4 is 34.0 Å². The molecule has 0 bridgehead atoms. The molecule has 0 unspecified atom stereocenters. The molecule has 0 saturated heterocycles. The fraction of sp³-hybridized carbons (Fsp3) is 0.227. The summed E-state index contributed by atoms with van der Waals surface area (Å²) in [6.45, 7) is 6.27. The summed E-state index contributed by atoms with van der Waals surface area (Å²) in [6, 6.07) is 9.48. The van der Waals surface area contributed by atoms with Crippen LogP contribution in [0.15, 0.2) is 41.8 Å². The number of hydrogen-bond acceptors (Lipinski definition) is 6. The first-order valence-corrected chi connectivity index (χ1v) is 10.5. The summed E-state index contributed by atoms with van der Waals surface area (Å²) in [5.41, 5.74) is 5.55. The molecule has 160 valence electrons. The van der Waals surface area contributed by atoms with Gasteiger partial charge in [-0.05, 0) is 44.0 Å². The number of nitro groups is 1. The number of non-ortho nitro benzene ring substituents is 1. The van der Waals surface area contributed by atoms with Crippen LogP contribution in [0, 0.1) is 30.9 Å². The van der Waals surface area contributed by atoms with Crippen LogP contribution in [0.5, 0.6) is 0 Å². The number of anilines is 1. The number of rotatable bonds is 7. The second-order valence-electron chi connectivity index (χ2n) is 7.17. The Labute approximate surface area is 183 Å². The first kappa shape index (κ1) is 22.1. The van der Waals surface area contributed by atoms with Gasteiger partial charge in [0.2, 0.25) is 5.91 Å². The average Bonchev–Trinajstić information content (AvgIpc) is 3.14. The van der Waals surface area contributed by atoms with E-state index in [1.807, 2.05) is 19.2 Å². The molecule has 3 aromatic rings. The molecular weight excluding hydrogens is 416 g/mol. The van der Waals surface area contributed by atoms with Gasteiger partial charge in [-0.1, -0.05) is 17.7 Å². The van der Waals surface area contributed by atoms with E-state index in [1.54, 1.807) is 0 Å². The standard InChI is InChI=1S/C22H22N4O4S/c1-13-10-14(2)20(15(3)11-13)18-12-31-22(24-18)25-19(27)8-9-23-21(28)16-4-6-17(7-5-16)26(29)30/h4-7,10-12H,8-9H2,1-3H3,(H,23,28)(H,24,25,27). The topological polar surface area (TPSA) is 114 Å². The lowest BCUT2D eigenvalue weighted by molar-refractivity contribution is -0.384. The Bertz CT molecular complexity index is 1120. The second-order valence-corrected chi connectivity index (χ2v) is 8.03. The molecule has 0 saturated carbocycles. The van der Waals surface area contributed by atoms with Gasteiger partial charge in [0.25, 0.3) is 11.6 Å². The Balaban J connectivity index is 1.53. The van der Waals surface area contributed by atoms with Gasteiger partial charge in [0.1, 0.15) is 0 Å². The van der Waals surface area contributed by atoms with Gasteiger partial charge in [0.05, 0.1) is 10.6 Å². The highest BCUT2D eigenvalue weighted by Gasteiger charge is 2.13. The third kappa shape index (κ3) is 5.52. The smallest absolute Gasteiger partial charge is 0.269 e. The minimum Gasteiger partial charge on any atom is -0.352 e. The molecule has 31 heavy (non-hydrogen) atoms. The summed E-state index contributed by atoms with van der Waals surface area (Å²) in [7, 11) is 0. The Kier molecular flexibility index (Phi) is 6.76. The zero-order valence-electron chi connectivity index (χ0n) is 17.4. The van der Waals surface area contributed by atoms with E-state index in [1.165, 1.54) is 41.2 Å². The fourth-order valence-electron chi connectivity index (χ4n) is 3.34. The molecule has 2 aromatic carbocycles. The number of benzene rings is 2. The number of carbonyl (C=O) groups is 2. The summed E-state index contributed by atoms with van der Waals surface area (Å²) >= 11 is 1.35. The fourth-order valence-corrected chi connectivity index (χ4v) is 4.06. The zero-order chi connectivity index (χ0) is 22.5. The van der Waals surface area contributed by atoms with Crippen LogP contribution in [0.3, 0.4) is 0 Å². The van der Waals surface area contributed by atoms with Gasteiger partial charge < -0.3 is 10.6 Å². The number of amides is 2. The van der Waals surface area contributed by atoms with Crippen LogP contribution in [-0.4, -0.2) is 28.3 Å². The molecule has 0 aliphatic rings. The molecule has 8 nitrogen and oxygen atoms in total. The number of thiazole rings is 1. The maximum atomic E-state index is 12.2. The van der Waals surface area contributed by atoms with Crippen LogP contribution in [0.4, 0.5) is 10.8 Å². The Morgan fingerprint density at radius 3 is 2.35 bits per heavy atom. The maximum Gasteiger partial charge on any atom is 0.269 e. The number of nitrogens with zero attached hydrogens (tertiary/aromatic N) is 2. The van der Waals surface area contributed by atoms with E-state index in [2.05, 4.69) is 34.7 Å². The number of carbonyl (C=O) groups excluding carboxylic acids is 2. The van der Waals surface area contributed by atoms with Crippen molar-refractivity contribution in [1.29, 1.82) is 0 Å². The Morgan fingerprint density at radius 2 is 1.74 bits per heavy atom. The van der Waals surface area contributed by atoms with Gasteiger partial charge in [-0.25, -0.2) is 4.98 Å². The van der Waals surface area contributed by atoms with Crippen molar-refractivity contribution in [2.24, 2.45) is 0 Å². The van der Waals surface area contributed by atoms with E-state index in [9.17, 15) is 19.7 Å². The van der Waals surface area contributed by atoms with E-state index >= 15 is 0 Å². The monoisotopic (exact) mass is 438 g/mol. The molecule has 1 heterocycles. The summed E-state index contributed by atoms with van der Waals surface area (Å²) in [4.78, 5) is 39.0. The first-order chi connectivity index (χ1) is 14.7. The van der Waals surface area contributed by atoms with Crippen molar-refractivity contribution in [3.63, 3.8) is 0 Å². The van der Waals surface area contributed by atoms with Crippen molar-refractivity contribution in [3.8, 4) is 11.3 Å². The van der Waals surface area contributed by atoms with Gasteiger partial charge in [-0.15, -0.1) is 11.3 Å². The Hall–Kier alpha value is -3.59. The summed E-state index contributed by atoms with van der Waals surface area (Å²) in [5.74, 6) is -0.660. The van der Waals surface area contributed by atoms with Crippen molar-refractivity contribution in [1.82, 2.24) is 10.3 Å². The average molecular weight is 439 g/mol. The quantitative estimate of drug-likeness (QED) is 0.419. The van der Waals surface area contributed by atoms with E-state index in [4.69, 9.17) is 0 Å². The van der Waals surface area contributed by atoms with Crippen LogP contribution in [0.25, 0.3) is 11.3 Å². The van der Waals surface area contributed by atoms with Crippen LogP contribution in [0.1, 0.15) is 33.5 Å².